The van der Waals surface area contributed by atoms with Crippen LogP contribution in [-0.4, -0.2) is 34.8 Å². The molecule has 1 aromatic carbocycles. The van der Waals surface area contributed by atoms with E-state index in [0.29, 0.717) is 18.3 Å². The van der Waals surface area contributed by atoms with Crippen molar-refractivity contribution < 1.29 is 4.79 Å². The lowest BCUT2D eigenvalue weighted by atomic mass is 10.2. The first kappa shape index (κ1) is 16.1. The van der Waals surface area contributed by atoms with Gasteiger partial charge in [0, 0.05) is 12.6 Å². The molecule has 1 aliphatic rings. The number of carbonyl (C=O) groups excluding carboxylic acids is 1. The average molecular weight is 352 g/mol. The number of nitrogens with one attached hydrogen (secondary N) is 2. The van der Waals surface area contributed by atoms with Crippen molar-refractivity contribution >= 4 is 17.2 Å². The summed E-state index contributed by atoms with van der Waals surface area (Å²) in [5, 5.41) is 13.0. The van der Waals surface area contributed by atoms with Gasteiger partial charge in [-0.15, -0.1) is 11.3 Å². The Bertz CT molecular complexity index is 836. The van der Waals surface area contributed by atoms with Crippen molar-refractivity contribution in [3.63, 3.8) is 0 Å². The zero-order chi connectivity index (χ0) is 17.1. The number of carbonyl (C=O) groups is 1. The Balaban J connectivity index is 1.61. The van der Waals surface area contributed by atoms with Gasteiger partial charge >= 0.3 is 0 Å². The van der Waals surface area contributed by atoms with Gasteiger partial charge in [0.05, 0.1) is 16.3 Å². The van der Waals surface area contributed by atoms with Crippen LogP contribution in [0.4, 0.5) is 0 Å². The summed E-state index contributed by atoms with van der Waals surface area (Å²) in [6.45, 7) is 1.68. The molecule has 4 rings (SSSR count). The van der Waals surface area contributed by atoms with Crippen LogP contribution in [0, 0.1) is 0 Å². The maximum Gasteiger partial charge on any atom is 0.271 e. The molecule has 0 radical (unpaired) electrons. The van der Waals surface area contributed by atoms with Gasteiger partial charge in [-0.3, -0.25) is 4.79 Å². The van der Waals surface area contributed by atoms with Crippen molar-refractivity contribution in [2.45, 2.75) is 18.9 Å². The van der Waals surface area contributed by atoms with Gasteiger partial charge in [-0.05, 0) is 49.0 Å². The highest BCUT2D eigenvalue weighted by atomic mass is 32.1. The summed E-state index contributed by atoms with van der Waals surface area (Å²) in [5.41, 5.74) is 2.33. The van der Waals surface area contributed by atoms with Crippen molar-refractivity contribution in [1.29, 1.82) is 0 Å². The predicted octanol–water partition coefficient (Wildman–Crippen LogP) is 3.08. The van der Waals surface area contributed by atoms with Crippen LogP contribution in [0.5, 0.6) is 0 Å². The van der Waals surface area contributed by atoms with Gasteiger partial charge in [-0.25, -0.2) is 4.68 Å². The molecule has 3 aromatic rings. The lowest BCUT2D eigenvalue weighted by Gasteiger charge is -2.10. The smallest absolute Gasteiger partial charge is 0.271 e. The van der Waals surface area contributed by atoms with E-state index in [1.165, 1.54) is 6.42 Å². The van der Waals surface area contributed by atoms with Crippen molar-refractivity contribution in [3.05, 3.63) is 59.6 Å². The Labute approximate surface area is 150 Å². The van der Waals surface area contributed by atoms with Crippen molar-refractivity contribution in [1.82, 2.24) is 20.4 Å². The van der Waals surface area contributed by atoms with Gasteiger partial charge in [0.2, 0.25) is 0 Å². The van der Waals surface area contributed by atoms with Gasteiger partial charge in [-0.1, -0.05) is 24.3 Å². The number of para-hydroxylation sites is 1. The quantitative estimate of drug-likeness (QED) is 0.742. The zero-order valence-corrected chi connectivity index (χ0v) is 14.6. The van der Waals surface area contributed by atoms with Crippen molar-refractivity contribution in [3.8, 4) is 16.3 Å². The van der Waals surface area contributed by atoms with E-state index in [1.54, 1.807) is 11.3 Å². The van der Waals surface area contributed by atoms with E-state index in [2.05, 4.69) is 15.7 Å². The van der Waals surface area contributed by atoms with Gasteiger partial charge < -0.3 is 10.6 Å². The van der Waals surface area contributed by atoms with Crippen LogP contribution < -0.4 is 10.6 Å². The van der Waals surface area contributed by atoms with E-state index >= 15 is 0 Å². The first-order valence-electron chi connectivity index (χ1n) is 8.52. The number of hydrogen-bond acceptors (Lipinski definition) is 4. The minimum absolute atomic E-state index is 0.124. The Morgan fingerprint density at radius 3 is 2.88 bits per heavy atom. The fourth-order valence-electron chi connectivity index (χ4n) is 3.10. The van der Waals surface area contributed by atoms with E-state index in [1.807, 2.05) is 58.6 Å². The topological polar surface area (TPSA) is 59.0 Å². The summed E-state index contributed by atoms with van der Waals surface area (Å²) in [5.74, 6) is -0.124. The molecule has 0 saturated carbocycles. The summed E-state index contributed by atoms with van der Waals surface area (Å²) in [4.78, 5) is 13.6. The molecule has 1 unspecified atom stereocenters. The molecular formula is C19H20N4OS. The molecule has 3 heterocycles. The number of thiophene rings is 1. The van der Waals surface area contributed by atoms with Gasteiger partial charge in [0.25, 0.3) is 5.91 Å². The molecule has 128 valence electrons. The van der Waals surface area contributed by atoms with Crippen LogP contribution in [0.25, 0.3) is 16.3 Å². The normalized spacial score (nSPS) is 16.9. The molecule has 1 aliphatic heterocycles. The molecule has 0 bridgehead atoms. The van der Waals surface area contributed by atoms with Crippen molar-refractivity contribution in [2.24, 2.45) is 0 Å². The third kappa shape index (κ3) is 3.50. The molecule has 2 N–H and O–H groups in total. The lowest BCUT2D eigenvalue weighted by molar-refractivity contribution is 0.0945. The highest BCUT2D eigenvalue weighted by molar-refractivity contribution is 7.13. The number of hydrogen-bond donors (Lipinski definition) is 2. The fourth-order valence-corrected chi connectivity index (χ4v) is 3.82. The van der Waals surface area contributed by atoms with Crippen LogP contribution in [-0.2, 0) is 0 Å². The molecule has 1 amide bonds. The number of benzene rings is 1. The Morgan fingerprint density at radius 1 is 1.28 bits per heavy atom. The minimum Gasteiger partial charge on any atom is -0.349 e. The van der Waals surface area contributed by atoms with Crippen LogP contribution in [0.3, 0.4) is 0 Å². The largest absolute Gasteiger partial charge is 0.349 e. The molecule has 1 atom stereocenters. The predicted molar refractivity (Wildman–Crippen MR) is 100 cm³/mol. The summed E-state index contributed by atoms with van der Waals surface area (Å²) in [7, 11) is 0. The Kier molecular flexibility index (Phi) is 4.63. The van der Waals surface area contributed by atoms with E-state index in [-0.39, 0.29) is 5.91 Å². The van der Waals surface area contributed by atoms with Crippen molar-refractivity contribution in [2.75, 3.05) is 13.1 Å². The summed E-state index contributed by atoms with van der Waals surface area (Å²) < 4.78 is 1.84. The number of amides is 1. The first-order chi connectivity index (χ1) is 12.3. The van der Waals surface area contributed by atoms with Crippen LogP contribution in [0.2, 0.25) is 0 Å². The van der Waals surface area contributed by atoms with Gasteiger partial charge in [0.15, 0.2) is 5.69 Å². The molecule has 1 saturated heterocycles. The molecule has 2 aromatic heterocycles. The highest BCUT2D eigenvalue weighted by Gasteiger charge is 2.19. The molecule has 0 spiro atoms. The molecule has 25 heavy (non-hydrogen) atoms. The average Bonchev–Trinajstić information content (AvgIpc) is 3.41. The third-order valence-corrected chi connectivity index (χ3v) is 5.28. The first-order valence-corrected chi connectivity index (χ1v) is 9.40. The van der Waals surface area contributed by atoms with Gasteiger partial charge in [-0.2, -0.15) is 5.10 Å². The summed E-state index contributed by atoms with van der Waals surface area (Å²) >= 11 is 1.64. The van der Waals surface area contributed by atoms with Gasteiger partial charge in [0.1, 0.15) is 0 Å². The minimum atomic E-state index is -0.124. The monoisotopic (exact) mass is 352 g/mol. The molecule has 6 heteroatoms. The standard InChI is InChI=1S/C19H20N4OS/c24-19(21-13-14-6-4-10-20-14)16-12-17(18-9-5-11-25-18)23(22-16)15-7-2-1-3-8-15/h1-3,5,7-9,11-12,14,20H,4,6,10,13H2,(H,21,24). The second-order valence-electron chi connectivity index (χ2n) is 6.14. The number of rotatable bonds is 5. The molecule has 5 nitrogen and oxygen atoms in total. The molecule has 1 fully saturated rings. The van der Waals surface area contributed by atoms with E-state index in [0.717, 1.165) is 29.2 Å². The summed E-state index contributed by atoms with van der Waals surface area (Å²) in [6, 6.07) is 16.2. The maximum absolute atomic E-state index is 12.6. The van der Waals surface area contributed by atoms with Crippen LogP contribution >= 0.6 is 11.3 Å². The SMILES string of the molecule is O=C(NCC1CCCN1)c1cc(-c2cccs2)n(-c2ccccc2)n1. The van der Waals surface area contributed by atoms with E-state index in [4.69, 9.17) is 0 Å². The summed E-state index contributed by atoms with van der Waals surface area (Å²) in [6.07, 6.45) is 2.28. The second-order valence-corrected chi connectivity index (χ2v) is 7.09. The fraction of sp³-hybridized carbons (Fsp3) is 0.263. The van der Waals surface area contributed by atoms with E-state index in [9.17, 15) is 4.79 Å². The maximum atomic E-state index is 12.6. The third-order valence-electron chi connectivity index (χ3n) is 4.39. The molecule has 0 aliphatic carbocycles. The second kappa shape index (κ2) is 7.21. The number of aromatic nitrogens is 2. The molecular weight excluding hydrogens is 332 g/mol. The zero-order valence-electron chi connectivity index (χ0n) is 13.8. The Morgan fingerprint density at radius 2 is 2.16 bits per heavy atom. The highest BCUT2D eigenvalue weighted by Crippen LogP contribution is 2.28. The van der Waals surface area contributed by atoms with Crippen LogP contribution in [0.1, 0.15) is 23.3 Å². The van der Waals surface area contributed by atoms with Crippen LogP contribution in [0.15, 0.2) is 53.9 Å². The lowest BCUT2D eigenvalue weighted by Crippen LogP contribution is -2.37. The number of nitrogens with zero attached hydrogens (tertiary/aromatic N) is 2. The van der Waals surface area contributed by atoms with E-state index < -0.39 is 0 Å². The Hall–Kier alpha value is -2.44.